The number of piperidine rings is 1. The SMILES string of the molecule is CN(CC1CCNCC1)c1cccc(Cl)c1. The molecular formula is C13H19ClN2. The van der Waals surface area contributed by atoms with Crippen LogP contribution in [-0.2, 0) is 0 Å². The number of nitrogens with zero attached hydrogens (tertiary/aromatic N) is 1. The third-order valence-corrected chi connectivity index (χ3v) is 3.47. The first-order valence-corrected chi connectivity index (χ1v) is 6.31. The number of anilines is 1. The van der Waals surface area contributed by atoms with Gasteiger partial charge in [-0.2, -0.15) is 0 Å². The monoisotopic (exact) mass is 238 g/mol. The van der Waals surface area contributed by atoms with E-state index in [0.717, 1.165) is 30.6 Å². The van der Waals surface area contributed by atoms with Gasteiger partial charge in [-0.05, 0) is 50.0 Å². The van der Waals surface area contributed by atoms with Gasteiger partial charge >= 0.3 is 0 Å². The van der Waals surface area contributed by atoms with E-state index in [1.54, 1.807) is 0 Å². The average molecular weight is 239 g/mol. The van der Waals surface area contributed by atoms with Crippen molar-refractivity contribution >= 4 is 17.3 Å². The lowest BCUT2D eigenvalue weighted by Crippen LogP contribution is -2.34. The summed E-state index contributed by atoms with van der Waals surface area (Å²) in [5.74, 6) is 0.810. The molecule has 0 atom stereocenters. The Morgan fingerprint density at radius 3 is 2.81 bits per heavy atom. The van der Waals surface area contributed by atoms with Gasteiger partial charge in [0.1, 0.15) is 0 Å². The summed E-state index contributed by atoms with van der Waals surface area (Å²) in [5, 5.41) is 4.21. The second kappa shape index (κ2) is 5.55. The molecule has 1 N–H and O–H groups in total. The molecule has 0 aromatic heterocycles. The molecule has 0 bridgehead atoms. The second-order valence-corrected chi connectivity index (χ2v) is 4.99. The zero-order valence-corrected chi connectivity index (χ0v) is 10.5. The minimum Gasteiger partial charge on any atom is -0.374 e. The van der Waals surface area contributed by atoms with Crippen LogP contribution in [0.4, 0.5) is 5.69 Å². The first-order valence-electron chi connectivity index (χ1n) is 5.93. The zero-order valence-electron chi connectivity index (χ0n) is 9.75. The van der Waals surface area contributed by atoms with Crippen LogP contribution in [0.15, 0.2) is 24.3 Å². The number of hydrogen-bond donors (Lipinski definition) is 1. The van der Waals surface area contributed by atoms with Gasteiger partial charge in [-0.1, -0.05) is 17.7 Å². The lowest BCUT2D eigenvalue weighted by atomic mass is 9.97. The van der Waals surface area contributed by atoms with Gasteiger partial charge in [0.25, 0.3) is 0 Å². The third kappa shape index (κ3) is 3.13. The molecule has 1 aromatic carbocycles. The summed E-state index contributed by atoms with van der Waals surface area (Å²) in [6.07, 6.45) is 2.57. The van der Waals surface area contributed by atoms with E-state index in [1.165, 1.54) is 18.5 Å². The molecule has 1 aliphatic rings. The minimum atomic E-state index is 0.810. The summed E-state index contributed by atoms with van der Waals surface area (Å²) in [5.41, 5.74) is 1.21. The molecule has 0 radical (unpaired) electrons. The molecule has 0 aliphatic carbocycles. The quantitative estimate of drug-likeness (QED) is 0.871. The van der Waals surface area contributed by atoms with Crippen molar-refractivity contribution in [3.63, 3.8) is 0 Å². The van der Waals surface area contributed by atoms with Crippen molar-refractivity contribution in [2.75, 3.05) is 31.6 Å². The van der Waals surface area contributed by atoms with Crippen molar-refractivity contribution in [2.45, 2.75) is 12.8 Å². The van der Waals surface area contributed by atoms with Crippen LogP contribution in [0.1, 0.15) is 12.8 Å². The highest BCUT2D eigenvalue weighted by Crippen LogP contribution is 2.21. The van der Waals surface area contributed by atoms with Crippen LogP contribution in [0.3, 0.4) is 0 Å². The fourth-order valence-electron chi connectivity index (χ4n) is 2.27. The number of hydrogen-bond acceptors (Lipinski definition) is 2. The van der Waals surface area contributed by atoms with E-state index >= 15 is 0 Å². The lowest BCUT2D eigenvalue weighted by molar-refractivity contribution is 0.378. The molecule has 0 amide bonds. The predicted octanol–water partition coefficient (Wildman–Crippen LogP) is 2.78. The van der Waals surface area contributed by atoms with E-state index in [9.17, 15) is 0 Å². The molecule has 2 nitrogen and oxygen atoms in total. The number of nitrogens with one attached hydrogen (secondary N) is 1. The predicted molar refractivity (Wildman–Crippen MR) is 70.3 cm³/mol. The third-order valence-electron chi connectivity index (χ3n) is 3.24. The second-order valence-electron chi connectivity index (χ2n) is 4.55. The highest BCUT2D eigenvalue weighted by atomic mass is 35.5. The Hall–Kier alpha value is -0.730. The largest absolute Gasteiger partial charge is 0.374 e. The smallest absolute Gasteiger partial charge is 0.0426 e. The molecule has 1 aliphatic heterocycles. The average Bonchev–Trinajstić information content (AvgIpc) is 2.30. The van der Waals surface area contributed by atoms with Gasteiger partial charge in [0.2, 0.25) is 0 Å². The first-order chi connectivity index (χ1) is 7.75. The summed E-state index contributed by atoms with van der Waals surface area (Å²) in [6, 6.07) is 8.08. The van der Waals surface area contributed by atoms with E-state index in [1.807, 2.05) is 18.2 Å². The van der Waals surface area contributed by atoms with Crippen LogP contribution < -0.4 is 10.2 Å². The number of benzene rings is 1. The summed E-state index contributed by atoms with van der Waals surface area (Å²) in [7, 11) is 2.15. The van der Waals surface area contributed by atoms with Crippen LogP contribution >= 0.6 is 11.6 Å². The maximum absolute atomic E-state index is 6.00. The topological polar surface area (TPSA) is 15.3 Å². The summed E-state index contributed by atoms with van der Waals surface area (Å²) in [4.78, 5) is 2.31. The van der Waals surface area contributed by atoms with E-state index in [2.05, 4.69) is 23.3 Å². The number of halogens is 1. The zero-order chi connectivity index (χ0) is 11.4. The molecule has 3 heteroatoms. The lowest BCUT2D eigenvalue weighted by Gasteiger charge is -2.28. The fraction of sp³-hybridized carbons (Fsp3) is 0.538. The molecule has 1 fully saturated rings. The fourth-order valence-corrected chi connectivity index (χ4v) is 2.46. The van der Waals surface area contributed by atoms with E-state index < -0.39 is 0 Å². The Kier molecular flexibility index (Phi) is 4.08. The molecule has 0 unspecified atom stereocenters. The van der Waals surface area contributed by atoms with Gasteiger partial charge in [-0.25, -0.2) is 0 Å². The standard InChI is InChI=1S/C13H19ClN2/c1-16(10-11-5-7-15-8-6-11)13-4-2-3-12(14)9-13/h2-4,9,11,15H,5-8,10H2,1H3. The van der Waals surface area contributed by atoms with Crippen LogP contribution in [0, 0.1) is 5.92 Å². The Morgan fingerprint density at radius 2 is 2.12 bits per heavy atom. The van der Waals surface area contributed by atoms with E-state index in [0.29, 0.717) is 0 Å². The van der Waals surface area contributed by atoms with Gasteiger partial charge in [-0.3, -0.25) is 0 Å². The molecule has 88 valence electrons. The first kappa shape index (κ1) is 11.7. The van der Waals surface area contributed by atoms with Crippen LogP contribution in [0.2, 0.25) is 5.02 Å². The minimum absolute atomic E-state index is 0.810. The maximum atomic E-state index is 6.00. The molecule has 2 rings (SSSR count). The highest BCUT2D eigenvalue weighted by molar-refractivity contribution is 6.30. The van der Waals surface area contributed by atoms with Gasteiger partial charge in [0.05, 0.1) is 0 Å². The van der Waals surface area contributed by atoms with Crippen molar-refractivity contribution in [3.05, 3.63) is 29.3 Å². The highest BCUT2D eigenvalue weighted by Gasteiger charge is 2.15. The van der Waals surface area contributed by atoms with Gasteiger partial charge in [0, 0.05) is 24.3 Å². The Labute approximate surface area is 103 Å². The van der Waals surface area contributed by atoms with Crippen molar-refractivity contribution in [1.29, 1.82) is 0 Å². The van der Waals surface area contributed by atoms with E-state index in [-0.39, 0.29) is 0 Å². The van der Waals surface area contributed by atoms with Gasteiger partial charge < -0.3 is 10.2 Å². The summed E-state index contributed by atoms with van der Waals surface area (Å²) in [6.45, 7) is 3.45. The van der Waals surface area contributed by atoms with E-state index in [4.69, 9.17) is 11.6 Å². The summed E-state index contributed by atoms with van der Waals surface area (Å²) >= 11 is 6.00. The van der Waals surface area contributed by atoms with Crippen molar-refractivity contribution in [2.24, 2.45) is 5.92 Å². The van der Waals surface area contributed by atoms with Crippen LogP contribution in [0.5, 0.6) is 0 Å². The van der Waals surface area contributed by atoms with Gasteiger partial charge in [0.15, 0.2) is 0 Å². The normalized spacial score (nSPS) is 17.4. The van der Waals surface area contributed by atoms with Crippen molar-refractivity contribution in [1.82, 2.24) is 5.32 Å². The molecule has 1 heterocycles. The molecule has 16 heavy (non-hydrogen) atoms. The molecule has 1 aromatic rings. The van der Waals surface area contributed by atoms with Gasteiger partial charge in [-0.15, -0.1) is 0 Å². The Bertz CT molecular complexity index is 334. The van der Waals surface area contributed by atoms with Crippen LogP contribution in [-0.4, -0.2) is 26.7 Å². The molecule has 0 spiro atoms. The Morgan fingerprint density at radius 1 is 1.38 bits per heavy atom. The van der Waals surface area contributed by atoms with Crippen molar-refractivity contribution in [3.8, 4) is 0 Å². The Balaban J connectivity index is 1.94. The molecular weight excluding hydrogens is 220 g/mol. The molecule has 0 saturated carbocycles. The number of rotatable bonds is 3. The van der Waals surface area contributed by atoms with Crippen LogP contribution in [0.25, 0.3) is 0 Å². The molecule has 1 saturated heterocycles. The van der Waals surface area contributed by atoms with Crippen molar-refractivity contribution < 1.29 is 0 Å². The summed E-state index contributed by atoms with van der Waals surface area (Å²) < 4.78 is 0. The maximum Gasteiger partial charge on any atom is 0.0426 e.